The zero-order valence-electron chi connectivity index (χ0n) is 7.68. The van der Waals surface area contributed by atoms with E-state index in [1.165, 1.54) is 18.2 Å². The van der Waals surface area contributed by atoms with E-state index in [0.717, 1.165) is 0 Å². The van der Waals surface area contributed by atoms with Crippen LogP contribution in [0.15, 0.2) is 18.2 Å². The molecule has 0 unspecified atom stereocenters. The van der Waals surface area contributed by atoms with Gasteiger partial charge in [0, 0.05) is 11.6 Å². The highest BCUT2D eigenvalue weighted by Gasteiger charge is 2.09. The van der Waals surface area contributed by atoms with Gasteiger partial charge in [-0.3, -0.25) is 14.9 Å². The van der Waals surface area contributed by atoms with Crippen LogP contribution in [0, 0.1) is 10.1 Å². The highest BCUT2D eigenvalue weighted by molar-refractivity contribution is 6.18. The van der Waals surface area contributed by atoms with Gasteiger partial charge in [0.1, 0.15) is 18.6 Å². The number of ether oxygens (including phenoxy) is 1. The number of nitro benzene ring substituents is 1. The summed E-state index contributed by atoms with van der Waals surface area (Å²) in [4.78, 5) is 20.4. The molecule has 0 aliphatic heterocycles. The van der Waals surface area contributed by atoms with Crippen LogP contribution in [0.3, 0.4) is 0 Å². The molecule has 80 valence electrons. The summed E-state index contributed by atoms with van der Waals surface area (Å²) in [6, 6.07) is 3.85. The predicted octanol–water partition coefficient (Wildman–Crippen LogP) is 2.02. The van der Waals surface area contributed by atoms with Gasteiger partial charge in [-0.2, -0.15) is 0 Å². The molecule has 0 aliphatic rings. The summed E-state index contributed by atoms with van der Waals surface area (Å²) in [6.07, 6.45) is 0.528. The van der Waals surface area contributed by atoms with E-state index in [-0.39, 0.29) is 29.5 Å². The van der Waals surface area contributed by atoms with Gasteiger partial charge in [0.05, 0.1) is 16.9 Å². The van der Waals surface area contributed by atoms with Crippen LogP contribution in [0.25, 0.3) is 0 Å². The molecule has 0 bridgehead atoms. The average Bonchev–Trinajstić information content (AvgIpc) is 2.25. The summed E-state index contributed by atoms with van der Waals surface area (Å²) in [5, 5.41) is 10.5. The van der Waals surface area contributed by atoms with E-state index in [9.17, 15) is 14.9 Å². The molecule has 0 aromatic heterocycles. The maximum atomic E-state index is 10.5. The quantitative estimate of drug-likeness (QED) is 0.335. The van der Waals surface area contributed by atoms with Crippen LogP contribution in [0.5, 0.6) is 5.75 Å². The first-order valence-electron chi connectivity index (χ1n) is 4.11. The summed E-state index contributed by atoms with van der Waals surface area (Å²) in [6.45, 7) is 0.237. The van der Waals surface area contributed by atoms with E-state index < -0.39 is 4.92 Å². The molecule has 0 fully saturated rings. The lowest BCUT2D eigenvalue weighted by Crippen LogP contribution is -1.99. The molecule has 6 heteroatoms. The van der Waals surface area contributed by atoms with Gasteiger partial charge in [-0.05, 0) is 6.07 Å². The Labute approximate surface area is 90.8 Å². The van der Waals surface area contributed by atoms with Gasteiger partial charge < -0.3 is 4.74 Å². The standard InChI is InChI=1S/C9H8ClNO4/c10-1-2-15-9-4-7(6-12)3-8(5-9)11(13)14/h3-6H,1-2H2. The number of benzene rings is 1. The van der Waals surface area contributed by atoms with Crippen LogP contribution in [0.4, 0.5) is 5.69 Å². The second-order valence-electron chi connectivity index (χ2n) is 2.67. The summed E-state index contributed by atoms with van der Waals surface area (Å²) in [5.74, 6) is 0.547. The lowest BCUT2D eigenvalue weighted by molar-refractivity contribution is -0.384. The number of carbonyl (C=O) groups excluding carboxylic acids is 1. The number of hydrogen-bond acceptors (Lipinski definition) is 4. The zero-order chi connectivity index (χ0) is 11.3. The van der Waals surface area contributed by atoms with E-state index in [2.05, 4.69) is 0 Å². The monoisotopic (exact) mass is 229 g/mol. The van der Waals surface area contributed by atoms with Crippen molar-refractivity contribution >= 4 is 23.6 Å². The van der Waals surface area contributed by atoms with Gasteiger partial charge in [0.25, 0.3) is 5.69 Å². The Morgan fingerprint density at radius 1 is 1.47 bits per heavy atom. The molecule has 0 radical (unpaired) electrons. The maximum Gasteiger partial charge on any atom is 0.273 e. The molecule has 15 heavy (non-hydrogen) atoms. The van der Waals surface area contributed by atoms with Gasteiger partial charge in [0.2, 0.25) is 0 Å². The van der Waals surface area contributed by atoms with E-state index in [1.54, 1.807) is 0 Å². The minimum atomic E-state index is -0.583. The van der Waals surface area contributed by atoms with Gasteiger partial charge in [-0.15, -0.1) is 11.6 Å². The van der Waals surface area contributed by atoms with Crippen molar-refractivity contribution in [3.05, 3.63) is 33.9 Å². The summed E-state index contributed by atoms with van der Waals surface area (Å²) >= 11 is 5.40. The topological polar surface area (TPSA) is 69.4 Å². The molecule has 0 spiro atoms. The minimum Gasteiger partial charge on any atom is -0.492 e. The van der Waals surface area contributed by atoms with Gasteiger partial charge in [-0.1, -0.05) is 0 Å². The number of rotatable bonds is 5. The first-order chi connectivity index (χ1) is 7.17. The molecule has 0 aliphatic carbocycles. The Hall–Kier alpha value is -1.62. The van der Waals surface area contributed by atoms with E-state index >= 15 is 0 Å². The fourth-order valence-electron chi connectivity index (χ4n) is 1.02. The maximum absolute atomic E-state index is 10.5. The molecule has 0 N–H and O–H groups in total. The van der Waals surface area contributed by atoms with Crippen molar-refractivity contribution in [2.75, 3.05) is 12.5 Å². The lowest BCUT2D eigenvalue weighted by Gasteiger charge is -2.04. The van der Waals surface area contributed by atoms with Crippen LogP contribution in [-0.4, -0.2) is 23.7 Å². The second kappa shape index (κ2) is 5.31. The molecular weight excluding hydrogens is 222 g/mol. The van der Waals surface area contributed by atoms with Crippen LogP contribution >= 0.6 is 11.6 Å². The van der Waals surface area contributed by atoms with E-state index in [0.29, 0.717) is 6.29 Å². The van der Waals surface area contributed by atoms with Crippen LogP contribution in [-0.2, 0) is 0 Å². The molecule has 0 saturated carbocycles. The van der Waals surface area contributed by atoms with Gasteiger partial charge >= 0.3 is 0 Å². The second-order valence-corrected chi connectivity index (χ2v) is 3.05. The Bertz CT molecular complexity index is 380. The third kappa shape index (κ3) is 3.21. The number of non-ortho nitro benzene ring substituents is 1. The third-order valence-electron chi connectivity index (χ3n) is 1.61. The number of alkyl halides is 1. The number of aldehydes is 1. The Kier molecular flexibility index (Phi) is 4.05. The molecule has 0 atom stereocenters. The number of nitro groups is 1. The molecule has 1 aromatic carbocycles. The van der Waals surface area contributed by atoms with Crippen molar-refractivity contribution in [2.45, 2.75) is 0 Å². The van der Waals surface area contributed by atoms with Crippen molar-refractivity contribution < 1.29 is 14.5 Å². The fraction of sp³-hybridized carbons (Fsp3) is 0.222. The highest BCUT2D eigenvalue weighted by Crippen LogP contribution is 2.21. The molecular formula is C9H8ClNO4. The van der Waals surface area contributed by atoms with Gasteiger partial charge in [-0.25, -0.2) is 0 Å². The average molecular weight is 230 g/mol. The van der Waals surface area contributed by atoms with Gasteiger partial charge in [0.15, 0.2) is 0 Å². The smallest absolute Gasteiger partial charge is 0.273 e. The third-order valence-corrected chi connectivity index (χ3v) is 1.76. The van der Waals surface area contributed by atoms with Crippen LogP contribution in [0.1, 0.15) is 10.4 Å². The molecule has 0 saturated heterocycles. The number of hydrogen-bond donors (Lipinski definition) is 0. The molecule has 0 amide bonds. The number of nitrogens with zero attached hydrogens (tertiary/aromatic N) is 1. The number of carbonyl (C=O) groups is 1. The van der Waals surface area contributed by atoms with Crippen molar-refractivity contribution in [3.63, 3.8) is 0 Å². The van der Waals surface area contributed by atoms with Crippen LogP contribution < -0.4 is 4.74 Å². The Morgan fingerprint density at radius 3 is 2.73 bits per heavy atom. The minimum absolute atomic E-state index is 0.177. The summed E-state index contributed by atoms with van der Waals surface area (Å²) in [5.41, 5.74) is 0.0259. The molecule has 1 aromatic rings. The molecule has 5 nitrogen and oxygen atoms in total. The van der Waals surface area contributed by atoms with E-state index in [1.807, 2.05) is 0 Å². The largest absolute Gasteiger partial charge is 0.492 e. The zero-order valence-corrected chi connectivity index (χ0v) is 8.44. The first-order valence-corrected chi connectivity index (χ1v) is 4.64. The lowest BCUT2D eigenvalue weighted by atomic mass is 10.2. The first kappa shape index (κ1) is 11.5. The predicted molar refractivity (Wildman–Crippen MR) is 54.7 cm³/mol. The van der Waals surface area contributed by atoms with Crippen molar-refractivity contribution in [2.24, 2.45) is 0 Å². The summed E-state index contributed by atoms with van der Waals surface area (Å²) < 4.78 is 5.09. The highest BCUT2D eigenvalue weighted by atomic mass is 35.5. The Morgan fingerprint density at radius 2 is 2.20 bits per heavy atom. The van der Waals surface area contributed by atoms with Crippen molar-refractivity contribution in [3.8, 4) is 5.75 Å². The SMILES string of the molecule is O=Cc1cc(OCCCl)cc([N+](=O)[O-])c1. The Balaban J connectivity index is 3.00. The molecule has 0 heterocycles. The normalized spacial score (nSPS) is 9.67. The van der Waals surface area contributed by atoms with E-state index in [4.69, 9.17) is 16.3 Å². The molecule has 1 rings (SSSR count). The van der Waals surface area contributed by atoms with Crippen molar-refractivity contribution in [1.82, 2.24) is 0 Å². The summed E-state index contributed by atoms with van der Waals surface area (Å²) in [7, 11) is 0. The fourth-order valence-corrected chi connectivity index (χ4v) is 1.10. The van der Waals surface area contributed by atoms with Crippen LogP contribution in [0.2, 0.25) is 0 Å². The number of halogens is 1. The van der Waals surface area contributed by atoms with Crippen molar-refractivity contribution in [1.29, 1.82) is 0 Å².